The van der Waals surface area contributed by atoms with Gasteiger partial charge in [0.2, 0.25) is 0 Å². The van der Waals surface area contributed by atoms with Crippen molar-refractivity contribution in [1.82, 2.24) is 15.0 Å². The molecule has 1 N–H and O–H groups in total. The molecule has 0 saturated carbocycles. The molecule has 4 aromatic rings. The van der Waals surface area contributed by atoms with E-state index in [1.807, 2.05) is 85.0 Å². The normalized spacial score (nSPS) is 11.8. The lowest BCUT2D eigenvalue weighted by Crippen LogP contribution is -1.98. The van der Waals surface area contributed by atoms with Gasteiger partial charge in [-0.25, -0.2) is 0 Å². The van der Waals surface area contributed by atoms with E-state index in [9.17, 15) is 0 Å². The highest BCUT2D eigenvalue weighted by Gasteiger charge is 2.06. The van der Waals surface area contributed by atoms with Gasteiger partial charge < -0.3 is 5.32 Å². The third kappa shape index (κ3) is 4.07. The molecule has 0 fully saturated rings. The number of hydrogen-bond donors (Lipinski definition) is 1. The van der Waals surface area contributed by atoms with Crippen LogP contribution in [-0.2, 0) is 0 Å². The molecule has 1 heterocycles. The van der Waals surface area contributed by atoms with E-state index in [-0.39, 0.29) is 0 Å². The van der Waals surface area contributed by atoms with Gasteiger partial charge in [0, 0.05) is 11.4 Å². The molecule has 0 aliphatic heterocycles. The van der Waals surface area contributed by atoms with Crippen LogP contribution in [0.4, 0.5) is 11.4 Å². The average Bonchev–Trinajstić information content (AvgIpc) is 3.16. The second kappa shape index (κ2) is 8.18. The van der Waals surface area contributed by atoms with Gasteiger partial charge in [-0.05, 0) is 48.0 Å². The number of anilines is 2. The fraction of sp³-hybridized carbons (Fsp3) is 0. The molecule has 136 valence electrons. The van der Waals surface area contributed by atoms with Crippen LogP contribution >= 0.6 is 0 Å². The summed E-state index contributed by atoms with van der Waals surface area (Å²) in [5.74, 6) is 0. The first kappa shape index (κ1) is 17.5. The molecule has 1 aromatic heterocycles. The van der Waals surface area contributed by atoms with Crippen LogP contribution in [0.1, 0.15) is 5.56 Å². The Morgan fingerprint density at radius 3 is 2.29 bits per heavy atom. The first-order valence-corrected chi connectivity index (χ1v) is 9.07. The van der Waals surface area contributed by atoms with Crippen LogP contribution in [0, 0.1) is 0 Å². The standard InChI is InChI=1S/C24H20N4/c1-2-22(15-9-12-19-10-5-3-6-11-19)28-26-23-17-16-21(18-24(23)27-28)25-20-13-7-4-8-14-20/h2-18,25H,1H2/b12-9+,22-15+. The second-order valence-electron chi connectivity index (χ2n) is 6.25. The van der Waals surface area contributed by atoms with E-state index in [1.165, 1.54) is 0 Å². The largest absolute Gasteiger partial charge is 0.355 e. The molecule has 0 aliphatic rings. The summed E-state index contributed by atoms with van der Waals surface area (Å²) in [6.45, 7) is 3.89. The Labute approximate surface area is 164 Å². The Hall–Kier alpha value is -3.92. The molecular formula is C24H20N4. The molecule has 4 heteroatoms. The first-order chi connectivity index (χ1) is 13.8. The maximum Gasteiger partial charge on any atom is 0.115 e. The Morgan fingerprint density at radius 1 is 0.821 bits per heavy atom. The lowest BCUT2D eigenvalue weighted by atomic mass is 10.2. The maximum absolute atomic E-state index is 4.60. The number of rotatable bonds is 6. The van der Waals surface area contributed by atoms with Crippen LogP contribution in [0.2, 0.25) is 0 Å². The van der Waals surface area contributed by atoms with Gasteiger partial charge in [0.05, 0.1) is 5.70 Å². The SMILES string of the molecule is C=C/C(=C\C=C\c1ccccc1)n1nc2ccc(Nc3ccccc3)cc2n1. The zero-order valence-electron chi connectivity index (χ0n) is 15.4. The molecule has 28 heavy (non-hydrogen) atoms. The van der Waals surface area contributed by atoms with Crippen molar-refractivity contribution in [3.05, 3.63) is 109 Å². The van der Waals surface area contributed by atoms with Crippen LogP contribution in [0.15, 0.2) is 104 Å². The quantitative estimate of drug-likeness (QED) is 0.432. The molecule has 4 nitrogen and oxygen atoms in total. The summed E-state index contributed by atoms with van der Waals surface area (Å²) in [5.41, 5.74) is 5.60. The molecule has 0 atom stereocenters. The van der Waals surface area contributed by atoms with Gasteiger partial charge in [-0.3, -0.25) is 0 Å². The van der Waals surface area contributed by atoms with Crippen LogP contribution in [0.5, 0.6) is 0 Å². The topological polar surface area (TPSA) is 42.7 Å². The summed E-state index contributed by atoms with van der Waals surface area (Å²) in [6.07, 6.45) is 7.71. The summed E-state index contributed by atoms with van der Waals surface area (Å²) in [6, 6.07) is 26.1. The van der Waals surface area contributed by atoms with E-state index in [4.69, 9.17) is 0 Å². The Bertz CT molecular complexity index is 1140. The van der Waals surface area contributed by atoms with Gasteiger partial charge in [0.25, 0.3) is 0 Å². The fourth-order valence-corrected chi connectivity index (χ4v) is 2.83. The molecule has 0 spiro atoms. The maximum atomic E-state index is 4.60. The van der Waals surface area contributed by atoms with Crippen molar-refractivity contribution in [3.8, 4) is 0 Å². The van der Waals surface area contributed by atoms with Crippen molar-refractivity contribution >= 4 is 34.2 Å². The van der Waals surface area contributed by atoms with Crippen LogP contribution in [0.3, 0.4) is 0 Å². The van der Waals surface area contributed by atoms with Crippen molar-refractivity contribution in [2.24, 2.45) is 0 Å². The summed E-state index contributed by atoms with van der Waals surface area (Å²) in [5, 5.41) is 12.5. The summed E-state index contributed by atoms with van der Waals surface area (Å²) < 4.78 is 0. The molecule has 3 aromatic carbocycles. The summed E-state index contributed by atoms with van der Waals surface area (Å²) in [4.78, 5) is 1.61. The fourth-order valence-electron chi connectivity index (χ4n) is 2.83. The van der Waals surface area contributed by atoms with Crippen molar-refractivity contribution in [2.75, 3.05) is 5.32 Å². The van der Waals surface area contributed by atoms with E-state index in [1.54, 1.807) is 10.9 Å². The Morgan fingerprint density at radius 2 is 1.54 bits per heavy atom. The van der Waals surface area contributed by atoms with E-state index in [0.29, 0.717) is 0 Å². The number of nitrogens with one attached hydrogen (secondary N) is 1. The van der Waals surface area contributed by atoms with E-state index >= 15 is 0 Å². The van der Waals surface area contributed by atoms with Crippen LogP contribution < -0.4 is 5.32 Å². The van der Waals surface area contributed by atoms with Crippen molar-refractivity contribution in [2.45, 2.75) is 0 Å². The van der Waals surface area contributed by atoms with Crippen LogP contribution in [-0.4, -0.2) is 15.0 Å². The predicted molar refractivity (Wildman–Crippen MR) is 117 cm³/mol. The number of benzene rings is 3. The van der Waals surface area contributed by atoms with E-state index in [2.05, 4.69) is 34.2 Å². The van der Waals surface area contributed by atoms with Gasteiger partial charge in [-0.15, -0.1) is 10.2 Å². The number of aromatic nitrogens is 3. The lowest BCUT2D eigenvalue weighted by Gasteiger charge is -2.05. The van der Waals surface area contributed by atoms with Gasteiger partial charge in [0.15, 0.2) is 0 Å². The summed E-state index contributed by atoms with van der Waals surface area (Å²) in [7, 11) is 0. The molecule has 4 rings (SSSR count). The zero-order valence-corrected chi connectivity index (χ0v) is 15.4. The minimum atomic E-state index is 0.806. The van der Waals surface area contributed by atoms with Crippen LogP contribution in [0.25, 0.3) is 22.8 Å². The molecule has 0 radical (unpaired) electrons. The summed E-state index contributed by atoms with van der Waals surface area (Å²) >= 11 is 0. The predicted octanol–water partition coefficient (Wildman–Crippen LogP) is 5.92. The van der Waals surface area contributed by atoms with Crippen molar-refractivity contribution in [1.29, 1.82) is 0 Å². The Balaban J connectivity index is 1.58. The zero-order chi connectivity index (χ0) is 19.2. The number of hydrogen-bond acceptors (Lipinski definition) is 3. The monoisotopic (exact) mass is 364 g/mol. The first-order valence-electron chi connectivity index (χ1n) is 9.07. The van der Waals surface area contributed by atoms with E-state index in [0.717, 1.165) is 33.7 Å². The van der Waals surface area contributed by atoms with E-state index < -0.39 is 0 Å². The third-order valence-electron chi connectivity index (χ3n) is 4.24. The minimum Gasteiger partial charge on any atom is -0.355 e. The second-order valence-corrected chi connectivity index (χ2v) is 6.25. The number of para-hydroxylation sites is 1. The van der Waals surface area contributed by atoms with Gasteiger partial charge in [-0.2, -0.15) is 4.80 Å². The Kier molecular flexibility index (Phi) is 5.11. The molecule has 0 bridgehead atoms. The molecule has 0 aliphatic carbocycles. The molecule has 0 unspecified atom stereocenters. The molecule has 0 saturated heterocycles. The highest BCUT2D eigenvalue weighted by atomic mass is 15.5. The highest BCUT2D eigenvalue weighted by molar-refractivity contribution is 5.80. The van der Waals surface area contributed by atoms with Crippen molar-refractivity contribution in [3.63, 3.8) is 0 Å². The lowest BCUT2D eigenvalue weighted by molar-refractivity contribution is 0.791. The average molecular weight is 364 g/mol. The number of fused-ring (bicyclic) bond motifs is 1. The minimum absolute atomic E-state index is 0.806. The van der Waals surface area contributed by atoms with Gasteiger partial charge in [-0.1, -0.05) is 67.3 Å². The van der Waals surface area contributed by atoms with Gasteiger partial charge in [0.1, 0.15) is 11.0 Å². The van der Waals surface area contributed by atoms with Gasteiger partial charge >= 0.3 is 0 Å². The number of allylic oxidation sites excluding steroid dienone is 4. The van der Waals surface area contributed by atoms with Crippen molar-refractivity contribution < 1.29 is 0 Å². The molecule has 0 amide bonds. The highest BCUT2D eigenvalue weighted by Crippen LogP contribution is 2.21. The molecular weight excluding hydrogens is 344 g/mol. The number of nitrogens with zero attached hydrogens (tertiary/aromatic N) is 3. The third-order valence-corrected chi connectivity index (χ3v) is 4.24. The smallest absolute Gasteiger partial charge is 0.115 e.